The maximum absolute atomic E-state index is 13.6. The van der Waals surface area contributed by atoms with Gasteiger partial charge in [0.25, 0.3) is 5.92 Å². The van der Waals surface area contributed by atoms with E-state index in [1.165, 1.54) is 28.4 Å². The molecule has 0 aliphatic carbocycles. The summed E-state index contributed by atoms with van der Waals surface area (Å²) in [7, 11) is 1.55. The highest BCUT2D eigenvalue weighted by molar-refractivity contribution is 7.12. The van der Waals surface area contributed by atoms with Gasteiger partial charge in [0.05, 0.1) is 15.8 Å². The first-order valence-corrected chi connectivity index (χ1v) is 9.52. The zero-order valence-corrected chi connectivity index (χ0v) is 17.0. The Morgan fingerprint density at radius 1 is 1.33 bits per heavy atom. The number of aliphatic imine (C=N–C) groups is 1. The van der Waals surface area contributed by atoms with Crippen molar-refractivity contribution in [1.29, 1.82) is 0 Å². The van der Waals surface area contributed by atoms with Crippen molar-refractivity contribution in [3.63, 3.8) is 0 Å². The molecule has 1 aromatic carbocycles. The summed E-state index contributed by atoms with van der Waals surface area (Å²) in [6, 6.07) is 7.59. The first-order valence-electron chi connectivity index (χ1n) is 8.32. The second-order valence-corrected chi connectivity index (χ2v) is 8.66. The molecular weight excluding hydrogens is 392 g/mol. The number of alkyl halides is 2. The second kappa shape index (κ2) is 6.56. The molecule has 2 aromatic rings. The largest absolute Gasteiger partial charge is 0.369 e. The van der Waals surface area contributed by atoms with Crippen molar-refractivity contribution in [2.24, 2.45) is 10.7 Å². The Labute approximate surface area is 165 Å². The molecule has 0 saturated carbocycles. The van der Waals surface area contributed by atoms with Crippen molar-refractivity contribution in [3.8, 4) is 0 Å². The molecule has 1 unspecified atom stereocenters. The number of nitrogens with two attached hydrogens (primary N) is 1. The number of halogens is 3. The van der Waals surface area contributed by atoms with Gasteiger partial charge < -0.3 is 5.73 Å². The monoisotopic (exact) mass is 411 g/mol. The van der Waals surface area contributed by atoms with Crippen LogP contribution >= 0.6 is 22.9 Å². The van der Waals surface area contributed by atoms with Gasteiger partial charge in [-0.1, -0.05) is 35.9 Å². The number of nitrogens with zero attached hydrogens (tertiary/aromatic N) is 2. The molecule has 0 bridgehead atoms. The van der Waals surface area contributed by atoms with Crippen LogP contribution in [0.15, 0.2) is 35.3 Å². The first kappa shape index (κ1) is 19.8. The van der Waals surface area contributed by atoms with Crippen LogP contribution in [0.1, 0.15) is 40.6 Å². The van der Waals surface area contributed by atoms with E-state index in [1.807, 2.05) is 13.0 Å². The summed E-state index contributed by atoms with van der Waals surface area (Å²) >= 11 is 7.86. The van der Waals surface area contributed by atoms with Gasteiger partial charge in [0, 0.05) is 24.4 Å². The highest BCUT2D eigenvalue weighted by Crippen LogP contribution is 2.49. The van der Waals surface area contributed by atoms with E-state index >= 15 is 0 Å². The molecule has 1 aromatic heterocycles. The van der Waals surface area contributed by atoms with Crippen LogP contribution in [-0.4, -0.2) is 23.8 Å². The van der Waals surface area contributed by atoms with E-state index in [2.05, 4.69) is 4.99 Å². The standard InChI is InChI=1S/C19H20ClF2N3OS/c1-10-9-13(20)15(27-10)18(2)14(16(26)25(4)17(23)24-18)11-5-7-12(8-6-11)19(3,21)22/h5-9,14H,1-4H3,(H2,23,24)/t14?,18-/m0/s1. The van der Waals surface area contributed by atoms with Gasteiger partial charge in [-0.25, -0.2) is 13.8 Å². The summed E-state index contributed by atoms with van der Waals surface area (Å²) in [6.07, 6.45) is 0. The lowest BCUT2D eigenvalue weighted by molar-refractivity contribution is -0.130. The fraction of sp³-hybridized carbons (Fsp3) is 0.368. The van der Waals surface area contributed by atoms with Crippen molar-refractivity contribution < 1.29 is 13.6 Å². The van der Waals surface area contributed by atoms with Crippen molar-refractivity contribution in [2.75, 3.05) is 7.05 Å². The van der Waals surface area contributed by atoms with Crippen LogP contribution in [-0.2, 0) is 16.3 Å². The maximum atomic E-state index is 13.6. The number of likely N-dealkylation sites (N-methyl/N-ethyl adjacent to an activating group) is 1. The Morgan fingerprint density at radius 2 is 1.93 bits per heavy atom. The number of carbonyl (C=O) groups excluding carboxylic acids is 1. The molecule has 2 heterocycles. The van der Waals surface area contributed by atoms with Gasteiger partial charge in [0.15, 0.2) is 5.96 Å². The SMILES string of the molecule is Cc1cc(Cl)c([C@@]2(C)N=C(N)N(C)C(=O)C2c2ccc(C(C)(F)F)cc2)s1. The topological polar surface area (TPSA) is 58.7 Å². The molecule has 0 saturated heterocycles. The highest BCUT2D eigenvalue weighted by atomic mass is 35.5. The average Bonchev–Trinajstić information content (AvgIpc) is 2.92. The van der Waals surface area contributed by atoms with Crippen molar-refractivity contribution >= 4 is 34.8 Å². The van der Waals surface area contributed by atoms with Crippen molar-refractivity contribution in [3.05, 3.63) is 56.2 Å². The molecule has 2 N–H and O–H groups in total. The molecule has 4 nitrogen and oxygen atoms in total. The molecule has 144 valence electrons. The molecule has 1 aliphatic heterocycles. The molecule has 0 spiro atoms. The number of hydrogen-bond donors (Lipinski definition) is 1. The van der Waals surface area contributed by atoms with Crippen LogP contribution in [0.2, 0.25) is 5.02 Å². The maximum Gasteiger partial charge on any atom is 0.270 e. The third kappa shape index (κ3) is 3.34. The molecule has 0 fully saturated rings. The van der Waals surface area contributed by atoms with E-state index in [0.29, 0.717) is 10.6 Å². The Morgan fingerprint density at radius 3 is 2.41 bits per heavy atom. The zero-order chi connectivity index (χ0) is 20.1. The molecule has 8 heteroatoms. The van der Waals surface area contributed by atoms with Crippen molar-refractivity contribution in [2.45, 2.75) is 38.2 Å². The lowest BCUT2D eigenvalue weighted by Gasteiger charge is -2.40. The molecule has 3 rings (SSSR count). The van der Waals surface area contributed by atoms with Gasteiger partial charge in [0.1, 0.15) is 5.54 Å². The van der Waals surface area contributed by atoms with Crippen LogP contribution in [0.3, 0.4) is 0 Å². The predicted octanol–water partition coefficient (Wildman–Crippen LogP) is 4.61. The molecule has 0 radical (unpaired) electrons. The second-order valence-electron chi connectivity index (χ2n) is 6.99. The number of aryl methyl sites for hydroxylation is 1. The van der Waals surface area contributed by atoms with E-state index < -0.39 is 17.4 Å². The minimum atomic E-state index is -2.95. The Kier molecular flexibility index (Phi) is 4.80. The van der Waals surface area contributed by atoms with Crippen LogP contribution < -0.4 is 5.73 Å². The lowest BCUT2D eigenvalue weighted by atomic mass is 9.77. The third-order valence-electron chi connectivity index (χ3n) is 4.85. The first-order chi connectivity index (χ1) is 12.4. The Bertz CT molecular complexity index is 920. The summed E-state index contributed by atoms with van der Waals surface area (Å²) in [5, 5.41) is 0.510. The van der Waals surface area contributed by atoms with E-state index in [0.717, 1.165) is 16.7 Å². The minimum Gasteiger partial charge on any atom is -0.369 e. The number of carbonyl (C=O) groups is 1. The molecular formula is C19H20ClF2N3OS. The number of guanidine groups is 1. The lowest BCUT2D eigenvalue weighted by Crippen LogP contribution is -2.52. The molecule has 1 amide bonds. The van der Waals surface area contributed by atoms with Gasteiger partial charge in [-0.05, 0) is 25.5 Å². The number of hydrogen-bond acceptors (Lipinski definition) is 4. The minimum absolute atomic E-state index is 0.0950. The summed E-state index contributed by atoms with van der Waals surface area (Å²) in [5.74, 6) is -3.85. The van der Waals surface area contributed by atoms with E-state index in [1.54, 1.807) is 26.1 Å². The number of thiophene rings is 1. The van der Waals surface area contributed by atoms with Crippen LogP contribution in [0, 0.1) is 6.92 Å². The van der Waals surface area contributed by atoms with Crippen LogP contribution in [0.5, 0.6) is 0 Å². The number of amides is 1. The van der Waals surface area contributed by atoms with E-state index in [-0.39, 0.29) is 17.4 Å². The summed E-state index contributed by atoms with van der Waals surface area (Å²) in [4.78, 5) is 20.7. The molecule has 27 heavy (non-hydrogen) atoms. The smallest absolute Gasteiger partial charge is 0.270 e. The van der Waals surface area contributed by atoms with E-state index in [4.69, 9.17) is 17.3 Å². The fourth-order valence-electron chi connectivity index (χ4n) is 3.37. The summed E-state index contributed by atoms with van der Waals surface area (Å²) in [5.41, 5.74) is 5.42. The molecule has 2 atom stereocenters. The van der Waals surface area contributed by atoms with Crippen LogP contribution in [0.25, 0.3) is 0 Å². The fourth-order valence-corrected chi connectivity index (χ4v) is 4.93. The van der Waals surface area contributed by atoms with Gasteiger partial charge >= 0.3 is 0 Å². The van der Waals surface area contributed by atoms with E-state index in [9.17, 15) is 13.6 Å². The quantitative estimate of drug-likeness (QED) is 0.801. The van der Waals surface area contributed by atoms with Crippen molar-refractivity contribution in [1.82, 2.24) is 4.90 Å². The molecule has 1 aliphatic rings. The van der Waals surface area contributed by atoms with Crippen LogP contribution in [0.4, 0.5) is 8.78 Å². The summed E-state index contributed by atoms with van der Waals surface area (Å²) in [6.45, 7) is 4.56. The third-order valence-corrected chi connectivity index (χ3v) is 6.54. The number of rotatable bonds is 3. The van der Waals surface area contributed by atoms with Gasteiger partial charge in [0.2, 0.25) is 5.91 Å². The Balaban J connectivity index is 2.18. The predicted molar refractivity (Wildman–Crippen MR) is 105 cm³/mol. The van der Waals surface area contributed by atoms with Gasteiger partial charge in [-0.15, -0.1) is 11.3 Å². The normalized spacial score (nSPS) is 23.5. The highest BCUT2D eigenvalue weighted by Gasteiger charge is 2.49. The average molecular weight is 412 g/mol. The number of benzene rings is 1. The van der Waals surface area contributed by atoms with Gasteiger partial charge in [-0.2, -0.15) is 0 Å². The summed E-state index contributed by atoms with van der Waals surface area (Å²) < 4.78 is 27.1. The Hall–Kier alpha value is -1.99. The zero-order valence-electron chi connectivity index (χ0n) is 15.4. The van der Waals surface area contributed by atoms with Gasteiger partial charge in [-0.3, -0.25) is 9.69 Å².